The Balaban J connectivity index is 1.90. The lowest BCUT2D eigenvalue weighted by molar-refractivity contribution is -0.115. The minimum atomic E-state index is -0.209. The van der Waals surface area contributed by atoms with Gasteiger partial charge in [-0.3, -0.25) is 4.79 Å². The van der Waals surface area contributed by atoms with Crippen molar-refractivity contribution in [3.63, 3.8) is 0 Å². The van der Waals surface area contributed by atoms with Crippen molar-refractivity contribution >= 4 is 46.6 Å². The fourth-order valence-electron chi connectivity index (χ4n) is 1.74. The van der Waals surface area contributed by atoms with Crippen molar-refractivity contribution in [1.29, 1.82) is 0 Å². The summed E-state index contributed by atoms with van der Waals surface area (Å²) >= 11 is 13.5. The topological polar surface area (TPSA) is 72.7 Å². The molecule has 0 atom stereocenters. The maximum atomic E-state index is 12.0. The molecule has 1 amide bonds. The Bertz CT molecular complexity index is 678. The molecule has 1 heterocycles. The van der Waals surface area contributed by atoms with E-state index >= 15 is 0 Å². The molecule has 1 aromatic heterocycles. The fraction of sp³-hybridized carbons (Fsp3) is 0.429. The van der Waals surface area contributed by atoms with Gasteiger partial charge in [-0.2, -0.15) is 0 Å². The number of halogens is 2. The minimum Gasteiger partial charge on any atom is -0.324 e. The van der Waals surface area contributed by atoms with Gasteiger partial charge in [0.15, 0.2) is 0 Å². The second kappa shape index (κ2) is 7.51. The zero-order valence-electron chi connectivity index (χ0n) is 13.0. The first-order valence-electron chi connectivity index (χ1n) is 6.94. The summed E-state index contributed by atoms with van der Waals surface area (Å²) in [6, 6.07) is 5.08. The predicted octanol–water partition coefficient (Wildman–Crippen LogP) is 3.86. The van der Waals surface area contributed by atoms with Gasteiger partial charge in [-0.05, 0) is 43.3 Å². The highest BCUT2D eigenvalue weighted by Gasteiger charge is 2.20. The molecule has 9 heteroatoms. The number of benzene rings is 1. The van der Waals surface area contributed by atoms with Crippen LogP contribution >= 0.6 is 35.0 Å². The number of amides is 1. The molecule has 0 fully saturated rings. The lowest BCUT2D eigenvalue weighted by atomic mass is 10.1. The Kier molecular flexibility index (Phi) is 5.89. The smallest absolute Gasteiger partial charge is 0.225 e. The molecule has 6 nitrogen and oxygen atoms in total. The normalized spacial score (nSPS) is 11.5. The van der Waals surface area contributed by atoms with Crippen LogP contribution in [0, 0.1) is 0 Å². The van der Waals surface area contributed by atoms with Crippen molar-refractivity contribution in [2.75, 3.05) is 11.1 Å². The van der Waals surface area contributed by atoms with E-state index < -0.39 is 0 Å². The third-order valence-electron chi connectivity index (χ3n) is 2.86. The van der Waals surface area contributed by atoms with E-state index in [9.17, 15) is 4.79 Å². The molecule has 0 unspecified atom stereocenters. The number of nitrogens with zero attached hydrogens (tertiary/aromatic N) is 4. The predicted molar refractivity (Wildman–Crippen MR) is 93.2 cm³/mol. The lowest BCUT2D eigenvalue weighted by Gasteiger charge is -2.19. The SMILES string of the molecule is CC(C)(C)n1nnnc1SCCC(=O)Nc1c(Cl)cccc1Cl. The number of thioether (sulfide) groups is 1. The number of anilines is 1. The van der Waals surface area contributed by atoms with Crippen LogP contribution in [-0.2, 0) is 10.3 Å². The quantitative estimate of drug-likeness (QED) is 0.805. The van der Waals surface area contributed by atoms with Gasteiger partial charge >= 0.3 is 0 Å². The van der Waals surface area contributed by atoms with E-state index in [2.05, 4.69) is 20.8 Å². The minimum absolute atomic E-state index is 0.165. The average Bonchev–Trinajstić information content (AvgIpc) is 2.91. The monoisotopic (exact) mass is 373 g/mol. The highest BCUT2D eigenvalue weighted by atomic mass is 35.5. The van der Waals surface area contributed by atoms with Crippen LogP contribution in [0.1, 0.15) is 27.2 Å². The van der Waals surface area contributed by atoms with Gasteiger partial charge in [0, 0.05) is 12.2 Å². The molecular formula is C14H17Cl2N5OS. The van der Waals surface area contributed by atoms with Crippen molar-refractivity contribution < 1.29 is 4.79 Å². The summed E-state index contributed by atoms with van der Waals surface area (Å²) in [5.74, 6) is 0.381. The molecule has 0 bridgehead atoms. The van der Waals surface area contributed by atoms with E-state index in [0.29, 0.717) is 33.1 Å². The van der Waals surface area contributed by atoms with Gasteiger partial charge in [0.1, 0.15) is 0 Å². The molecule has 0 spiro atoms. The Labute approximate surface area is 148 Å². The van der Waals surface area contributed by atoms with Crippen molar-refractivity contribution in [2.45, 2.75) is 37.9 Å². The number of hydrogen-bond acceptors (Lipinski definition) is 5. The molecule has 2 rings (SSSR count). The van der Waals surface area contributed by atoms with Crippen LogP contribution in [0.5, 0.6) is 0 Å². The first-order chi connectivity index (χ1) is 10.8. The maximum Gasteiger partial charge on any atom is 0.225 e. The van der Waals surface area contributed by atoms with E-state index in [1.54, 1.807) is 22.9 Å². The lowest BCUT2D eigenvalue weighted by Crippen LogP contribution is -2.24. The molecule has 0 aliphatic carbocycles. The summed E-state index contributed by atoms with van der Waals surface area (Å²) < 4.78 is 1.74. The van der Waals surface area contributed by atoms with E-state index in [4.69, 9.17) is 23.2 Å². The summed E-state index contributed by atoms with van der Waals surface area (Å²) in [6.45, 7) is 6.04. The summed E-state index contributed by atoms with van der Waals surface area (Å²) in [7, 11) is 0. The van der Waals surface area contributed by atoms with Crippen LogP contribution in [0.25, 0.3) is 0 Å². The van der Waals surface area contributed by atoms with Gasteiger partial charge in [-0.1, -0.05) is 41.0 Å². The summed E-state index contributed by atoms with van der Waals surface area (Å²) in [4.78, 5) is 12.0. The number of carbonyl (C=O) groups excluding carboxylic acids is 1. The molecule has 1 N–H and O–H groups in total. The van der Waals surface area contributed by atoms with Crippen molar-refractivity contribution in [3.8, 4) is 0 Å². The number of carbonyl (C=O) groups is 1. The Morgan fingerprint density at radius 1 is 1.30 bits per heavy atom. The van der Waals surface area contributed by atoms with Gasteiger partial charge in [0.2, 0.25) is 11.1 Å². The number of para-hydroxylation sites is 1. The maximum absolute atomic E-state index is 12.0. The third-order valence-corrected chi connectivity index (χ3v) is 4.41. The number of hydrogen-bond donors (Lipinski definition) is 1. The molecule has 23 heavy (non-hydrogen) atoms. The molecule has 1 aromatic carbocycles. The van der Waals surface area contributed by atoms with Gasteiger partial charge < -0.3 is 5.32 Å². The zero-order chi connectivity index (χ0) is 17.0. The first kappa shape index (κ1) is 18.0. The van der Waals surface area contributed by atoms with E-state index in [-0.39, 0.29) is 11.4 Å². The molecular weight excluding hydrogens is 357 g/mol. The van der Waals surface area contributed by atoms with E-state index in [1.165, 1.54) is 11.8 Å². The zero-order valence-corrected chi connectivity index (χ0v) is 15.3. The van der Waals surface area contributed by atoms with Gasteiger partial charge in [0.25, 0.3) is 0 Å². The van der Waals surface area contributed by atoms with E-state index in [0.717, 1.165) is 0 Å². The number of rotatable bonds is 5. The molecule has 0 radical (unpaired) electrons. The molecule has 0 aliphatic rings. The molecule has 124 valence electrons. The first-order valence-corrected chi connectivity index (χ1v) is 8.68. The van der Waals surface area contributed by atoms with Crippen LogP contribution in [0.4, 0.5) is 5.69 Å². The van der Waals surface area contributed by atoms with Gasteiger partial charge in [-0.15, -0.1) is 5.10 Å². The highest BCUT2D eigenvalue weighted by molar-refractivity contribution is 7.99. The highest BCUT2D eigenvalue weighted by Crippen LogP contribution is 2.30. The summed E-state index contributed by atoms with van der Waals surface area (Å²) in [5.41, 5.74) is 0.226. The van der Waals surface area contributed by atoms with Crippen LogP contribution in [0.2, 0.25) is 10.0 Å². The number of nitrogens with one attached hydrogen (secondary N) is 1. The Morgan fingerprint density at radius 2 is 1.96 bits per heavy atom. The average molecular weight is 374 g/mol. The van der Waals surface area contributed by atoms with Crippen LogP contribution < -0.4 is 5.32 Å². The summed E-state index contributed by atoms with van der Waals surface area (Å²) in [5, 5.41) is 15.9. The largest absolute Gasteiger partial charge is 0.324 e. The van der Waals surface area contributed by atoms with E-state index in [1.807, 2.05) is 20.8 Å². The second-order valence-electron chi connectivity index (χ2n) is 5.79. The third kappa shape index (κ3) is 4.83. The molecule has 0 saturated carbocycles. The number of aromatic nitrogens is 4. The Morgan fingerprint density at radius 3 is 2.57 bits per heavy atom. The van der Waals surface area contributed by atoms with Crippen molar-refractivity contribution in [1.82, 2.24) is 20.2 Å². The number of tetrazole rings is 1. The standard InChI is InChI=1S/C14H17Cl2N5OS/c1-14(2,3)21-13(18-19-20-21)23-8-7-11(22)17-12-9(15)5-4-6-10(12)16/h4-6H,7-8H2,1-3H3,(H,17,22). The molecule has 2 aromatic rings. The Hall–Kier alpha value is -1.31. The van der Waals surface area contributed by atoms with Crippen molar-refractivity contribution in [3.05, 3.63) is 28.2 Å². The van der Waals surface area contributed by atoms with Crippen molar-refractivity contribution in [2.24, 2.45) is 0 Å². The van der Waals surface area contributed by atoms with Gasteiger partial charge in [-0.25, -0.2) is 4.68 Å². The van der Waals surface area contributed by atoms with Crippen LogP contribution in [0.3, 0.4) is 0 Å². The molecule has 0 aliphatic heterocycles. The van der Waals surface area contributed by atoms with Gasteiger partial charge in [0.05, 0.1) is 21.3 Å². The summed E-state index contributed by atoms with van der Waals surface area (Å²) in [6.07, 6.45) is 0.295. The fourth-order valence-corrected chi connectivity index (χ4v) is 3.23. The van der Waals surface area contributed by atoms with Crippen LogP contribution in [0.15, 0.2) is 23.4 Å². The second-order valence-corrected chi connectivity index (χ2v) is 7.66. The van der Waals surface area contributed by atoms with Crippen LogP contribution in [-0.4, -0.2) is 31.9 Å². The molecule has 0 saturated heterocycles.